The average molecular weight is 438 g/mol. The minimum absolute atomic E-state index is 0.0350. The van der Waals surface area contributed by atoms with Crippen LogP contribution in [0.25, 0.3) is 11.4 Å². The summed E-state index contributed by atoms with van der Waals surface area (Å²) in [6.45, 7) is 6.77. The van der Waals surface area contributed by atoms with Gasteiger partial charge in [-0.1, -0.05) is 0 Å². The van der Waals surface area contributed by atoms with Crippen LogP contribution >= 0.6 is 0 Å². The molecule has 1 aliphatic rings. The molecule has 0 spiro atoms. The summed E-state index contributed by atoms with van der Waals surface area (Å²) >= 11 is 0. The van der Waals surface area contributed by atoms with Gasteiger partial charge in [-0.3, -0.25) is 4.79 Å². The van der Waals surface area contributed by atoms with E-state index in [9.17, 15) is 9.18 Å². The predicted octanol–water partition coefficient (Wildman–Crippen LogP) is 3.83. The number of likely N-dealkylation sites (N-methyl/N-ethyl adjacent to an activating group) is 1. The van der Waals surface area contributed by atoms with Crippen LogP contribution < -0.4 is 15.5 Å². The van der Waals surface area contributed by atoms with E-state index in [1.54, 1.807) is 13.2 Å². The summed E-state index contributed by atoms with van der Waals surface area (Å²) in [7, 11) is 1.66. The highest BCUT2D eigenvalue weighted by molar-refractivity contribution is 5.85. The van der Waals surface area contributed by atoms with Crippen molar-refractivity contribution < 1.29 is 9.18 Å². The van der Waals surface area contributed by atoms with Crippen LogP contribution in [0.15, 0.2) is 36.7 Å². The molecule has 2 aromatic heterocycles. The lowest BCUT2D eigenvalue weighted by Gasteiger charge is -2.25. The van der Waals surface area contributed by atoms with Crippen molar-refractivity contribution in [2.45, 2.75) is 45.7 Å². The SMILES string of the molecule is CNC(=O)[C@H]1CCCN1c1ccc(Nc2ncc(F)c(-c3cnc(C)n3C(C)C)n2)cc1. The van der Waals surface area contributed by atoms with Gasteiger partial charge in [0, 0.05) is 31.0 Å². The number of carbonyl (C=O) groups is 1. The molecule has 3 aromatic rings. The molecule has 1 atom stereocenters. The normalized spacial score (nSPS) is 15.9. The van der Waals surface area contributed by atoms with Crippen LogP contribution in [0.5, 0.6) is 0 Å². The first-order valence-electron chi connectivity index (χ1n) is 10.8. The Kier molecular flexibility index (Phi) is 6.07. The maximum Gasteiger partial charge on any atom is 0.242 e. The number of rotatable bonds is 6. The smallest absolute Gasteiger partial charge is 0.242 e. The van der Waals surface area contributed by atoms with Crippen LogP contribution in [-0.2, 0) is 4.79 Å². The van der Waals surface area contributed by atoms with Crippen LogP contribution in [-0.4, -0.2) is 45.1 Å². The molecule has 1 amide bonds. The standard InChI is InChI=1S/C23H28FN7O/c1-14(2)31-15(3)26-13-20(31)21-18(24)12-27-23(29-21)28-16-7-9-17(10-8-16)30-11-5-6-19(30)22(32)25-4/h7-10,12-14,19H,5-6,11H2,1-4H3,(H,25,32)(H,27,28,29)/t19-/m1/s1. The number of imidazole rings is 1. The van der Waals surface area contributed by atoms with Gasteiger partial charge in [-0.15, -0.1) is 0 Å². The van der Waals surface area contributed by atoms with E-state index in [2.05, 4.69) is 30.5 Å². The quantitative estimate of drug-likeness (QED) is 0.610. The molecule has 0 aliphatic carbocycles. The fourth-order valence-electron chi connectivity index (χ4n) is 4.27. The van der Waals surface area contributed by atoms with E-state index in [0.29, 0.717) is 11.6 Å². The Morgan fingerprint density at radius 3 is 2.62 bits per heavy atom. The van der Waals surface area contributed by atoms with Crippen molar-refractivity contribution in [1.82, 2.24) is 24.8 Å². The highest BCUT2D eigenvalue weighted by atomic mass is 19.1. The molecule has 0 unspecified atom stereocenters. The van der Waals surface area contributed by atoms with Gasteiger partial charge in [0.2, 0.25) is 11.9 Å². The number of anilines is 3. The van der Waals surface area contributed by atoms with Gasteiger partial charge in [-0.25, -0.2) is 19.3 Å². The van der Waals surface area contributed by atoms with Crippen LogP contribution in [0.3, 0.4) is 0 Å². The molecular formula is C23H28FN7O. The van der Waals surface area contributed by atoms with E-state index in [0.717, 1.165) is 36.6 Å². The van der Waals surface area contributed by atoms with Gasteiger partial charge in [0.05, 0.1) is 18.1 Å². The van der Waals surface area contributed by atoms with Crippen molar-refractivity contribution in [2.75, 3.05) is 23.8 Å². The predicted molar refractivity (Wildman–Crippen MR) is 122 cm³/mol. The Labute approximate surface area is 186 Å². The summed E-state index contributed by atoms with van der Waals surface area (Å²) < 4.78 is 16.5. The third kappa shape index (κ3) is 4.15. The van der Waals surface area contributed by atoms with Gasteiger partial charge in [0.1, 0.15) is 17.6 Å². The van der Waals surface area contributed by atoms with Crippen molar-refractivity contribution in [2.24, 2.45) is 0 Å². The number of halogens is 1. The second-order valence-corrected chi connectivity index (χ2v) is 8.18. The topological polar surface area (TPSA) is 88.0 Å². The second kappa shape index (κ2) is 8.94. The van der Waals surface area contributed by atoms with Gasteiger partial charge in [0.25, 0.3) is 0 Å². The molecule has 0 radical (unpaired) electrons. The van der Waals surface area contributed by atoms with Crippen LogP contribution in [0.1, 0.15) is 38.6 Å². The van der Waals surface area contributed by atoms with Crippen molar-refractivity contribution in [1.29, 1.82) is 0 Å². The van der Waals surface area contributed by atoms with E-state index in [1.165, 1.54) is 6.20 Å². The highest BCUT2D eigenvalue weighted by Gasteiger charge is 2.30. The van der Waals surface area contributed by atoms with Gasteiger partial charge < -0.3 is 20.1 Å². The largest absolute Gasteiger partial charge is 0.360 e. The molecule has 4 rings (SSSR count). The average Bonchev–Trinajstić information content (AvgIpc) is 3.42. The zero-order valence-corrected chi connectivity index (χ0v) is 18.8. The minimum atomic E-state index is -0.498. The molecule has 0 saturated carbocycles. The summed E-state index contributed by atoms with van der Waals surface area (Å²) in [5.74, 6) is 0.637. The lowest BCUT2D eigenvalue weighted by Crippen LogP contribution is -2.41. The highest BCUT2D eigenvalue weighted by Crippen LogP contribution is 2.29. The van der Waals surface area contributed by atoms with Gasteiger partial charge in [0.15, 0.2) is 5.82 Å². The van der Waals surface area contributed by atoms with Crippen molar-refractivity contribution in [3.05, 3.63) is 48.3 Å². The Morgan fingerprint density at radius 2 is 1.94 bits per heavy atom. The molecule has 168 valence electrons. The maximum atomic E-state index is 14.6. The first-order chi connectivity index (χ1) is 15.4. The number of nitrogens with one attached hydrogen (secondary N) is 2. The fraction of sp³-hybridized carbons (Fsp3) is 0.391. The van der Waals surface area contributed by atoms with Gasteiger partial charge in [-0.05, 0) is 57.9 Å². The van der Waals surface area contributed by atoms with Crippen molar-refractivity contribution in [3.8, 4) is 11.4 Å². The van der Waals surface area contributed by atoms with Crippen molar-refractivity contribution >= 4 is 23.2 Å². The lowest BCUT2D eigenvalue weighted by molar-refractivity contribution is -0.121. The molecule has 3 heterocycles. The van der Waals surface area contributed by atoms with E-state index >= 15 is 0 Å². The monoisotopic (exact) mass is 437 g/mol. The molecule has 9 heteroatoms. The number of amides is 1. The fourth-order valence-corrected chi connectivity index (χ4v) is 4.27. The van der Waals surface area contributed by atoms with Crippen molar-refractivity contribution in [3.63, 3.8) is 0 Å². The third-order valence-electron chi connectivity index (χ3n) is 5.74. The summed E-state index contributed by atoms with van der Waals surface area (Å²) in [5, 5.41) is 5.88. The molecule has 1 fully saturated rings. The molecule has 2 N–H and O–H groups in total. The Morgan fingerprint density at radius 1 is 1.19 bits per heavy atom. The molecule has 32 heavy (non-hydrogen) atoms. The minimum Gasteiger partial charge on any atom is -0.360 e. The van der Waals surface area contributed by atoms with E-state index in [-0.39, 0.29) is 23.7 Å². The summed E-state index contributed by atoms with van der Waals surface area (Å²) in [6, 6.07) is 7.72. The van der Waals surface area contributed by atoms with Gasteiger partial charge in [-0.2, -0.15) is 0 Å². The number of hydrogen-bond donors (Lipinski definition) is 2. The molecule has 8 nitrogen and oxygen atoms in total. The summed E-state index contributed by atoms with van der Waals surface area (Å²) in [5.41, 5.74) is 2.58. The van der Waals surface area contributed by atoms with E-state index in [1.807, 2.05) is 49.6 Å². The number of benzene rings is 1. The first kappa shape index (κ1) is 21.7. The van der Waals surface area contributed by atoms with Crippen LogP contribution in [0.2, 0.25) is 0 Å². The first-order valence-corrected chi connectivity index (χ1v) is 10.8. The Bertz CT molecular complexity index is 1110. The molecular weight excluding hydrogens is 409 g/mol. The summed E-state index contributed by atoms with van der Waals surface area (Å²) in [4.78, 5) is 27.1. The second-order valence-electron chi connectivity index (χ2n) is 8.18. The molecule has 1 aromatic carbocycles. The zero-order valence-electron chi connectivity index (χ0n) is 18.8. The molecule has 0 bridgehead atoms. The number of aromatic nitrogens is 4. The third-order valence-corrected chi connectivity index (χ3v) is 5.74. The van der Waals surface area contributed by atoms with E-state index < -0.39 is 5.82 Å². The molecule has 1 saturated heterocycles. The Hall–Kier alpha value is -3.49. The maximum absolute atomic E-state index is 14.6. The number of hydrogen-bond acceptors (Lipinski definition) is 6. The molecule has 1 aliphatic heterocycles. The number of aryl methyl sites for hydroxylation is 1. The van der Waals surface area contributed by atoms with Crippen LogP contribution in [0.4, 0.5) is 21.7 Å². The van der Waals surface area contributed by atoms with Gasteiger partial charge >= 0.3 is 0 Å². The Balaban J connectivity index is 1.56. The van der Waals surface area contributed by atoms with Crippen LogP contribution in [0, 0.1) is 12.7 Å². The lowest BCUT2D eigenvalue weighted by atomic mass is 10.2. The summed E-state index contributed by atoms with van der Waals surface area (Å²) in [6.07, 6.45) is 4.64. The zero-order chi connectivity index (χ0) is 22.8. The van der Waals surface area contributed by atoms with E-state index in [4.69, 9.17) is 0 Å². The number of nitrogens with zero attached hydrogens (tertiary/aromatic N) is 5. The number of carbonyl (C=O) groups excluding carboxylic acids is 1.